The summed E-state index contributed by atoms with van der Waals surface area (Å²) in [5.74, 6) is 2.00. The van der Waals surface area contributed by atoms with Crippen LogP contribution in [0.3, 0.4) is 0 Å². The zero-order valence-corrected chi connectivity index (χ0v) is 18.0. The molecule has 1 aromatic heterocycles. The standard InChI is InChI=1S/C25H27NO4/c1-16-13-22(17(2)11-20(16)12-18(3)25(27)26-4)19-8-9-23(24(14-19)28-5)30-15-21-7-6-10-29-21/h6-14H,15H2,1-5H3,(H,26,27). The third kappa shape index (κ3) is 4.74. The quantitative estimate of drug-likeness (QED) is 0.542. The minimum atomic E-state index is -0.0778. The van der Waals surface area contributed by atoms with Crippen molar-refractivity contribution in [3.63, 3.8) is 0 Å². The average Bonchev–Trinajstić information content (AvgIpc) is 3.27. The van der Waals surface area contributed by atoms with Crippen molar-refractivity contribution in [1.29, 1.82) is 0 Å². The normalized spacial score (nSPS) is 11.3. The second-order valence-electron chi connectivity index (χ2n) is 7.16. The number of likely N-dealkylation sites (N-methyl/N-ethyl adjacent to an activating group) is 1. The minimum Gasteiger partial charge on any atom is -0.493 e. The Hall–Kier alpha value is -3.47. The van der Waals surface area contributed by atoms with Gasteiger partial charge in [-0.1, -0.05) is 18.2 Å². The van der Waals surface area contributed by atoms with Crippen LogP contribution in [0.5, 0.6) is 11.5 Å². The number of aryl methyl sites for hydroxylation is 2. The molecule has 1 amide bonds. The van der Waals surface area contributed by atoms with Crippen molar-refractivity contribution >= 4 is 12.0 Å². The fourth-order valence-corrected chi connectivity index (χ4v) is 3.30. The van der Waals surface area contributed by atoms with Crippen molar-refractivity contribution in [3.05, 3.63) is 76.8 Å². The summed E-state index contributed by atoms with van der Waals surface area (Å²) in [7, 11) is 3.27. The molecular weight excluding hydrogens is 378 g/mol. The van der Waals surface area contributed by atoms with Gasteiger partial charge in [-0.3, -0.25) is 4.79 Å². The molecule has 2 aromatic carbocycles. The summed E-state index contributed by atoms with van der Waals surface area (Å²) in [6.45, 7) is 6.26. The van der Waals surface area contributed by atoms with Crippen molar-refractivity contribution in [2.45, 2.75) is 27.4 Å². The van der Waals surface area contributed by atoms with Gasteiger partial charge in [0.15, 0.2) is 11.5 Å². The minimum absolute atomic E-state index is 0.0778. The first-order valence-corrected chi connectivity index (χ1v) is 9.78. The largest absolute Gasteiger partial charge is 0.493 e. The van der Waals surface area contributed by atoms with E-state index in [1.807, 2.05) is 50.3 Å². The van der Waals surface area contributed by atoms with Crippen molar-refractivity contribution in [3.8, 4) is 22.6 Å². The number of nitrogens with one attached hydrogen (secondary N) is 1. The molecule has 0 saturated carbocycles. The maximum absolute atomic E-state index is 11.8. The van der Waals surface area contributed by atoms with Crippen molar-refractivity contribution < 1.29 is 18.7 Å². The van der Waals surface area contributed by atoms with Crippen LogP contribution in [0, 0.1) is 13.8 Å². The van der Waals surface area contributed by atoms with E-state index < -0.39 is 0 Å². The molecule has 0 aliphatic carbocycles. The maximum Gasteiger partial charge on any atom is 0.246 e. The molecule has 0 radical (unpaired) electrons. The fraction of sp³-hybridized carbons (Fsp3) is 0.240. The first-order chi connectivity index (χ1) is 14.4. The third-order valence-electron chi connectivity index (χ3n) is 4.99. The molecule has 3 aromatic rings. The molecule has 0 spiro atoms. The molecular formula is C25H27NO4. The van der Waals surface area contributed by atoms with Crippen LogP contribution in [0.25, 0.3) is 17.2 Å². The molecule has 3 rings (SSSR count). The highest BCUT2D eigenvalue weighted by atomic mass is 16.5. The highest BCUT2D eigenvalue weighted by Crippen LogP contribution is 2.35. The molecule has 0 bridgehead atoms. The highest BCUT2D eigenvalue weighted by molar-refractivity contribution is 5.97. The summed E-state index contributed by atoms with van der Waals surface area (Å²) in [6.07, 6.45) is 3.54. The van der Waals surface area contributed by atoms with Crippen LogP contribution in [0.4, 0.5) is 0 Å². The summed E-state index contributed by atoms with van der Waals surface area (Å²) in [4.78, 5) is 11.8. The summed E-state index contributed by atoms with van der Waals surface area (Å²) in [5.41, 5.74) is 6.06. The molecule has 0 aliphatic rings. The third-order valence-corrected chi connectivity index (χ3v) is 4.99. The zero-order chi connectivity index (χ0) is 21.7. The number of benzene rings is 2. The molecule has 0 aliphatic heterocycles. The zero-order valence-electron chi connectivity index (χ0n) is 18.0. The van der Waals surface area contributed by atoms with Gasteiger partial charge in [-0.25, -0.2) is 0 Å². The maximum atomic E-state index is 11.8. The molecule has 1 heterocycles. The van der Waals surface area contributed by atoms with E-state index in [4.69, 9.17) is 13.9 Å². The lowest BCUT2D eigenvalue weighted by atomic mass is 9.94. The van der Waals surface area contributed by atoms with Crippen LogP contribution in [-0.4, -0.2) is 20.1 Å². The van der Waals surface area contributed by atoms with E-state index in [9.17, 15) is 4.79 Å². The van der Waals surface area contributed by atoms with E-state index in [0.717, 1.165) is 33.6 Å². The van der Waals surface area contributed by atoms with E-state index in [1.54, 1.807) is 20.4 Å². The van der Waals surface area contributed by atoms with Gasteiger partial charge < -0.3 is 19.2 Å². The Morgan fingerprint density at radius 3 is 2.57 bits per heavy atom. The number of hydrogen-bond acceptors (Lipinski definition) is 4. The Bertz CT molecular complexity index is 1070. The van der Waals surface area contributed by atoms with Crippen molar-refractivity contribution in [2.75, 3.05) is 14.2 Å². The highest BCUT2D eigenvalue weighted by Gasteiger charge is 2.12. The predicted octanol–water partition coefficient (Wildman–Crippen LogP) is 5.30. The van der Waals surface area contributed by atoms with Crippen molar-refractivity contribution in [1.82, 2.24) is 5.32 Å². The number of ether oxygens (including phenoxy) is 2. The van der Waals surface area contributed by atoms with Gasteiger partial charge in [0.25, 0.3) is 0 Å². The average molecular weight is 405 g/mol. The Morgan fingerprint density at radius 1 is 1.10 bits per heavy atom. The van der Waals surface area contributed by atoms with Gasteiger partial charge in [0.05, 0.1) is 13.4 Å². The topological polar surface area (TPSA) is 60.7 Å². The number of methoxy groups -OCH3 is 1. The van der Waals surface area contributed by atoms with Gasteiger partial charge in [0.2, 0.25) is 5.91 Å². The Morgan fingerprint density at radius 2 is 1.90 bits per heavy atom. The van der Waals surface area contributed by atoms with Gasteiger partial charge in [-0.2, -0.15) is 0 Å². The molecule has 30 heavy (non-hydrogen) atoms. The summed E-state index contributed by atoms with van der Waals surface area (Å²) in [6, 6.07) is 13.8. The number of hydrogen-bond donors (Lipinski definition) is 1. The molecule has 1 N–H and O–H groups in total. The summed E-state index contributed by atoms with van der Waals surface area (Å²) < 4.78 is 16.7. The molecule has 0 unspecified atom stereocenters. The van der Waals surface area contributed by atoms with Gasteiger partial charge >= 0.3 is 0 Å². The van der Waals surface area contributed by atoms with Crippen LogP contribution in [0.1, 0.15) is 29.4 Å². The summed E-state index contributed by atoms with van der Waals surface area (Å²) in [5, 5.41) is 2.65. The van der Waals surface area contributed by atoms with Crippen LogP contribution in [0.15, 0.2) is 58.7 Å². The monoisotopic (exact) mass is 405 g/mol. The predicted molar refractivity (Wildman–Crippen MR) is 119 cm³/mol. The lowest BCUT2D eigenvalue weighted by Gasteiger charge is -2.14. The molecule has 0 fully saturated rings. The smallest absolute Gasteiger partial charge is 0.246 e. The lowest BCUT2D eigenvalue weighted by molar-refractivity contribution is -0.116. The van der Waals surface area contributed by atoms with E-state index in [1.165, 1.54) is 0 Å². The molecule has 0 saturated heterocycles. The number of rotatable bonds is 7. The van der Waals surface area contributed by atoms with Crippen LogP contribution >= 0.6 is 0 Å². The number of amides is 1. The van der Waals surface area contributed by atoms with E-state index >= 15 is 0 Å². The SMILES string of the molecule is CNC(=O)C(C)=Cc1cc(C)c(-c2ccc(OCc3ccco3)c(OC)c2)cc1C. The second-order valence-corrected chi connectivity index (χ2v) is 7.16. The Kier molecular flexibility index (Phi) is 6.62. The number of carbonyl (C=O) groups is 1. The van der Waals surface area contributed by atoms with E-state index in [-0.39, 0.29) is 5.91 Å². The van der Waals surface area contributed by atoms with Gasteiger partial charge in [-0.05, 0) is 78.9 Å². The molecule has 156 valence electrons. The second kappa shape index (κ2) is 9.35. The van der Waals surface area contributed by atoms with Crippen molar-refractivity contribution in [2.24, 2.45) is 0 Å². The molecule has 5 heteroatoms. The van der Waals surface area contributed by atoms with Crippen LogP contribution in [-0.2, 0) is 11.4 Å². The Labute approximate surface area is 177 Å². The van der Waals surface area contributed by atoms with Crippen LogP contribution < -0.4 is 14.8 Å². The van der Waals surface area contributed by atoms with Gasteiger partial charge in [0, 0.05) is 12.6 Å². The van der Waals surface area contributed by atoms with Gasteiger partial charge in [-0.15, -0.1) is 0 Å². The number of furan rings is 1. The van der Waals surface area contributed by atoms with E-state index in [0.29, 0.717) is 23.7 Å². The fourth-order valence-electron chi connectivity index (χ4n) is 3.30. The van der Waals surface area contributed by atoms with Crippen LogP contribution in [0.2, 0.25) is 0 Å². The first kappa shape index (κ1) is 21.2. The van der Waals surface area contributed by atoms with E-state index in [2.05, 4.69) is 24.4 Å². The summed E-state index contributed by atoms with van der Waals surface area (Å²) >= 11 is 0. The first-order valence-electron chi connectivity index (χ1n) is 9.78. The molecule has 5 nitrogen and oxygen atoms in total. The molecule has 0 atom stereocenters. The van der Waals surface area contributed by atoms with Gasteiger partial charge in [0.1, 0.15) is 12.4 Å². The number of carbonyl (C=O) groups excluding carboxylic acids is 1. The Balaban J connectivity index is 1.89. The lowest BCUT2D eigenvalue weighted by Crippen LogP contribution is -2.18.